The first kappa shape index (κ1) is 21.0. The molecule has 1 saturated heterocycles. The molecule has 0 radical (unpaired) electrons. The Morgan fingerprint density at radius 3 is 2.84 bits per heavy atom. The van der Waals surface area contributed by atoms with Crippen molar-refractivity contribution in [2.75, 3.05) is 13.1 Å². The van der Waals surface area contributed by atoms with Crippen LogP contribution < -0.4 is 11.1 Å². The predicted octanol–water partition coefficient (Wildman–Crippen LogP) is 1.77. The Bertz CT molecular complexity index is 1090. The van der Waals surface area contributed by atoms with Gasteiger partial charge in [0, 0.05) is 37.5 Å². The SMILES string of the molecule is NC(=O)c1cnc(C[C@@H](C(=O)N[C@@H]2C(=O)N3CCCN3Cc3c(F)cccc32)C2CC2)s1. The predicted molar refractivity (Wildman–Crippen MR) is 115 cm³/mol. The molecule has 2 aromatic rings. The summed E-state index contributed by atoms with van der Waals surface area (Å²) >= 11 is 1.19. The summed E-state index contributed by atoms with van der Waals surface area (Å²) in [6, 6.07) is 3.75. The number of thiazole rings is 1. The molecule has 0 bridgehead atoms. The number of nitrogens with two attached hydrogens (primary N) is 1. The van der Waals surface area contributed by atoms with Crippen molar-refractivity contribution in [2.45, 2.75) is 38.3 Å². The fourth-order valence-electron chi connectivity index (χ4n) is 4.62. The second kappa shape index (κ2) is 8.25. The first-order valence-corrected chi connectivity index (χ1v) is 11.6. The number of amides is 3. The monoisotopic (exact) mass is 457 g/mol. The van der Waals surface area contributed by atoms with Crippen molar-refractivity contribution in [3.8, 4) is 0 Å². The third-order valence-electron chi connectivity index (χ3n) is 6.44. The summed E-state index contributed by atoms with van der Waals surface area (Å²) in [4.78, 5) is 42.7. The van der Waals surface area contributed by atoms with Gasteiger partial charge in [-0.25, -0.2) is 14.4 Å². The van der Waals surface area contributed by atoms with Gasteiger partial charge in [0.2, 0.25) is 5.91 Å². The summed E-state index contributed by atoms with van der Waals surface area (Å²) in [6.07, 6.45) is 4.47. The number of nitrogens with zero attached hydrogens (tertiary/aromatic N) is 3. The maximum Gasteiger partial charge on any atom is 0.264 e. The molecule has 1 aliphatic carbocycles. The first-order chi connectivity index (χ1) is 15.4. The van der Waals surface area contributed by atoms with Gasteiger partial charge in [-0.1, -0.05) is 12.1 Å². The molecule has 2 atom stereocenters. The fraction of sp³-hybridized carbons (Fsp3) is 0.455. The molecule has 5 rings (SSSR count). The molecule has 1 saturated carbocycles. The smallest absolute Gasteiger partial charge is 0.264 e. The number of primary amides is 1. The van der Waals surface area contributed by atoms with E-state index in [0.29, 0.717) is 47.1 Å². The molecule has 1 aromatic heterocycles. The molecule has 3 N–H and O–H groups in total. The zero-order valence-electron chi connectivity index (χ0n) is 17.4. The standard InChI is InChI=1S/C22H24FN5O3S/c23-16-4-1-3-13-15(16)11-27-7-2-8-28(27)22(31)19(13)26-21(30)14(12-5-6-12)9-18-25-10-17(32-18)20(24)29/h1,3-4,10,12,14,19H,2,5-9,11H2,(H2,24,29)(H,26,30)/t14-,19+/m1/s1. The van der Waals surface area contributed by atoms with Crippen molar-refractivity contribution in [1.82, 2.24) is 20.3 Å². The van der Waals surface area contributed by atoms with E-state index in [2.05, 4.69) is 10.3 Å². The maximum absolute atomic E-state index is 14.7. The van der Waals surface area contributed by atoms with E-state index in [9.17, 15) is 18.8 Å². The van der Waals surface area contributed by atoms with E-state index in [1.165, 1.54) is 23.6 Å². The number of nitrogens with one attached hydrogen (secondary N) is 1. The minimum absolute atomic E-state index is 0.201. The highest BCUT2D eigenvalue weighted by atomic mass is 32.1. The van der Waals surface area contributed by atoms with Gasteiger partial charge in [0.1, 0.15) is 16.7 Å². The van der Waals surface area contributed by atoms with Gasteiger partial charge in [0.05, 0.1) is 11.2 Å². The second-order valence-corrected chi connectivity index (χ2v) is 9.70. The molecule has 2 fully saturated rings. The average molecular weight is 458 g/mol. The van der Waals surface area contributed by atoms with Crippen molar-refractivity contribution in [1.29, 1.82) is 0 Å². The lowest BCUT2D eigenvalue weighted by Gasteiger charge is -2.28. The van der Waals surface area contributed by atoms with Crippen LogP contribution in [0.15, 0.2) is 24.4 Å². The Morgan fingerprint density at radius 1 is 1.31 bits per heavy atom. The van der Waals surface area contributed by atoms with Gasteiger partial charge in [-0.3, -0.25) is 19.4 Å². The largest absolute Gasteiger partial charge is 0.365 e. The van der Waals surface area contributed by atoms with E-state index >= 15 is 0 Å². The molecule has 0 spiro atoms. The van der Waals surface area contributed by atoms with E-state index in [1.54, 1.807) is 17.1 Å². The van der Waals surface area contributed by atoms with Crippen LogP contribution in [0.3, 0.4) is 0 Å². The second-order valence-electron chi connectivity index (χ2n) is 8.58. The summed E-state index contributed by atoms with van der Waals surface area (Å²) in [7, 11) is 0. The average Bonchev–Trinajstić information content (AvgIpc) is 3.33. The van der Waals surface area contributed by atoms with Gasteiger partial charge >= 0.3 is 0 Å². The number of aromatic nitrogens is 1. The Labute approximate surface area is 188 Å². The van der Waals surface area contributed by atoms with Crippen LogP contribution in [0.1, 0.15) is 51.1 Å². The molecule has 8 nitrogen and oxygen atoms in total. The molecule has 168 valence electrons. The van der Waals surface area contributed by atoms with Gasteiger partial charge in [-0.2, -0.15) is 0 Å². The van der Waals surface area contributed by atoms with Crippen molar-refractivity contribution in [3.63, 3.8) is 0 Å². The van der Waals surface area contributed by atoms with Crippen LogP contribution in [0.5, 0.6) is 0 Å². The zero-order valence-corrected chi connectivity index (χ0v) is 18.2. The van der Waals surface area contributed by atoms with Crippen LogP contribution in [-0.4, -0.2) is 45.8 Å². The molecule has 3 aliphatic rings. The molecule has 1 aromatic carbocycles. The molecule has 2 aliphatic heterocycles. The third-order valence-corrected chi connectivity index (χ3v) is 7.48. The topological polar surface area (TPSA) is 109 Å². The number of rotatable bonds is 6. The number of carbonyl (C=O) groups is 3. The highest BCUT2D eigenvalue weighted by Gasteiger charge is 2.42. The van der Waals surface area contributed by atoms with E-state index in [1.807, 2.05) is 5.01 Å². The molecule has 32 heavy (non-hydrogen) atoms. The van der Waals surface area contributed by atoms with Crippen LogP contribution >= 0.6 is 11.3 Å². The van der Waals surface area contributed by atoms with E-state index in [4.69, 9.17) is 5.73 Å². The Balaban J connectivity index is 1.41. The summed E-state index contributed by atoms with van der Waals surface area (Å²) in [6.45, 7) is 1.54. The lowest BCUT2D eigenvalue weighted by molar-refractivity contribution is -0.148. The lowest BCUT2D eigenvalue weighted by atomic mass is 9.95. The highest BCUT2D eigenvalue weighted by molar-refractivity contribution is 7.13. The first-order valence-electron chi connectivity index (χ1n) is 10.8. The summed E-state index contributed by atoms with van der Waals surface area (Å²) in [5.74, 6) is -1.57. The molecule has 10 heteroatoms. The van der Waals surface area contributed by atoms with Crippen molar-refractivity contribution in [2.24, 2.45) is 17.6 Å². The van der Waals surface area contributed by atoms with Crippen molar-refractivity contribution < 1.29 is 18.8 Å². The lowest BCUT2D eigenvalue weighted by Crippen LogP contribution is -2.47. The summed E-state index contributed by atoms with van der Waals surface area (Å²) in [5, 5.41) is 7.09. The van der Waals surface area contributed by atoms with Gasteiger partial charge in [-0.05, 0) is 36.8 Å². The highest BCUT2D eigenvalue weighted by Crippen LogP contribution is 2.40. The van der Waals surface area contributed by atoms with Gasteiger partial charge in [0.15, 0.2) is 0 Å². The van der Waals surface area contributed by atoms with Crippen LogP contribution in [0.2, 0.25) is 0 Å². The number of hydrazine groups is 1. The van der Waals surface area contributed by atoms with E-state index in [-0.39, 0.29) is 29.5 Å². The van der Waals surface area contributed by atoms with E-state index < -0.39 is 11.9 Å². The van der Waals surface area contributed by atoms with Crippen molar-refractivity contribution >= 4 is 29.1 Å². The number of halogens is 1. The molecule has 0 unspecified atom stereocenters. The third kappa shape index (κ3) is 3.88. The Kier molecular flexibility index (Phi) is 5.42. The number of hydrogen-bond acceptors (Lipinski definition) is 6. The maximum atomic E-state index is 14.7. The number of benzene rings is 1. The van der Waals surface area contributed by atoms with Gasteiger partial charge < -0.3 is 11.1 Å². The minimum atomic E-state index is -0.935. The van der Waals surface area contributed by atoms with Crippen LogP contribution in [-0.2, 0) is 22.6 Å². The van der Waals surface area contributed by atoms with Crippen LogP contribution in [0.25, 0.3) is 0 Å². The Hall–Kier alpha value is -2.85. The number of hydrogen-bond donors (Lipinski definition) is 2. The zero-order chi connectivity index (χ0) is 22.4. The van der Waals surface area contributed by atoms with Crippen LogP contribution in [0.4, 0.5) is 4.39 Å². The Morgan fingerprint density at radius 2 is 2.12 bits per heavy atom. The quantitative estimate of drug-likeness (QED) is 0.687. The molecule has 3 heterocycles. The fourth-order valence-corrected chi connectivity index (χ4v) is 5.45. The van der Waals surface area contributed by atoms with Gasteiger partial charge in [0.25, 0.3) is 11.8 Å². The normalized spacial score (nSPS) is 21.6. The van der Waals surface area contributed by atoms with E-state index in [0.717, 1.165) is 19.3 Å². The molecule has 3 amide bonds. The summed E-state index contributed by atoms with van der Waals surface area (Å²) in [5.41, 5.74) is 6.28. The van der Waals surface area contributed by atoms with Crippen LogP contribution in [0, 0.1) is 17.7 Å². The molecular weight excluding hydrogens is 433 g/mol. The number of fused-ring (bicyclic) bond motifs is 2. The molecular formula is C22H24FN5O3S. The summed E-state index contributed by atoms with van der Waals surface area (Å²) < 4.78 is 14.7. The van der Waals surface area contributed by atoms with Crippen molar-refractivity contribution in [3.05, 3.63) is 51.2 Å². The minimum Gasteiger partial charge on any atom is -0.365 e. The number of carbonyl (C=O) groups excluding carboxylic acids is 3. The van der Waals surface area contributed by atoms with Gasteiger partial charge in [-0.15, -0.1) is 11.3 Å².